The van der Waals surface area contributed by atoms with Crippen molar-refractivity contribution in [2.45, 2.75) is 37.4 Å². The highest BCUT2D eigenvalue weighted by atomic mass is 32.1. The van der Waals surface area contributed by atoms with Gasteiger partial charge in [0.15, 0.2) is 0 Å². The van der Waals surface area contributed by atoms with Gasteiger partial charge in [0.05, 0.1) is 19.0 Å². The molecule has 0 saturated heterocycles. The van der Waals surface area contributed by atoms with E-state index in [2.05, 4.69) is 28.6 Å². The van der Waals surface area contributed by atoms with Crippen LogP contribution in [-0.2, 0) is 28.8 Å². The Morgan fingerprint density at radius 1 is 0.964 bits per heavy atom. The molecule has 13 nitrogen and oxygen atoms in total. The van der Waals surface area contributed by atoms with Crippen LogP contribution in [0.3, 0.4) is 0 Å². The molecular formula is C14H23N5O8S. The van der Waals surface area contributed by atoms with Gasteiger partial charge >= 0.3 is 11.9 Å². The minimum absolute atomic E-state index is 0.188. The second-order valence-electron chi connectivity index (χ2n) is 5.63. The van der Waals surface area contributed by atoms with Crippen molar-refractivity contribution in [2.24, 2.45) is 11.5 Å². The molecule has 4 amide bonds. The molecule has 14 heteroatoms. The van der Waals surface area contributed by atoms with E-state index in [0.717, 1.165) is 0 Å². The monoisotopic (exact) mass is 421 g/mol. The number of carboxylic acids is 2. The first-order valence-corrected chi connectivity index (χ1v) is 8.57. The van der Waals surface area contributed by atoms with Crippen molar-refractivity contribution in [1.82, 2.24) is 16.0 Å². The maximum atomic E-state index is 12.1. The lowest BCUT2D eigenvalue weighted by atomic mass is 10.1. The minimum atomic E-state index is -1.40. The molecule has 0 aliphatic carbocycles. The molecule has 3 unspecified atom stereocenters. The van der Waals surface area contributed by atoms with Crippen LogP contribution in [-0.4, -0.2) is 76.2 Å². The number of nitrogens with two attached hydrogens (primary N) is 2. The summed E-state index contributed by atoms with van der Waals surface area (Å²) >= 11 is 3.90. The molecule has 0 aliphatic rings. The van der Waals surface area contributed by atoms with Crippen LogP contribution >= 0.6 is 12.6 Å². The van der Waals surface area contributed by atoms with Gasteiger partial charge in [-0.15, -0.1) is 0 Å². The Labute approximate surface area is 165 Å². The molecule has 0 fully saturated rings. The highest BCUT2D eigenvalue weighted by Crippen LogP contribution is 1.99. The predicted octanol–water partition coefficient (Wildman–Crippen LogP) is -3.85. The summed E-state index contributed by atoms with van der Waals surface area (Å²) < 4.78 is 0. The van der Waals surface area contributed by atoms with Crippen LogP contribution in [0.1, 0.15) is 19.3 Å². The third kappa shape index (κ3) is 10.3. The normalized spacial score (nSPS) is 13.5. The number of carboxylic acid groups (broad SMARTS) is 2. The molecule has 0 heterocycles. The van der Waals surface area contributed by atoms with Crippen LogP contribution in [0, 0.1) is 0 Å². The highest BCUT2D eigenvalue weighted by molar-refractivity contribution is 7.80. The number of primary amides is 1. The maximum absolute atomic E-state index is 12.1. The lowest BCUT2D eigenvalue weighted by Gasteiger charge is -2.20. The van der Waals surface area contributed by atoms with Crippen molar-refractivity contribution in [3.05, 3.63) is 0 Å². The molecular weight excluding hydrogens is 398 g/mol. The minimum Gasteiger partial charge on any atom is -0.481 e. The second-order valence-corrected chi connectivity index (χ2v) is 5.99. The van der Waals surface area contributed by atoms with E-state index in [1.807, 2.05) is 0 Å². The van der Waals surface area contributed by atoms with Gasteiger partial charge in [0, 0.05) is 12.2 Å². The molecule has 0 radical (unpaired) electrons. The van der Waals surface area contributed by atoms with E-state index in [4.69, 9.17) is 21.7 Å². The molecule has 0 aromatic carbocycles. The fourth-order valence-electron chi connectivity index (χ4n) is 1.84. The van der Waals surface area contributed by atoms with Crippen molar-refractivity contribution in [3.8, 4) is 0 Å². The number of thiol groups is 1. The first-order valence-electron chi connectivity index (χ1n) is 7.94. The van der Waals surface area contributed by atoms with Crippen LogP contribution in [0.4, 0.5) is 0 Å². The summed E-state index contributed by atoms with van der Waals surface area (Å²) in [6.07, 6.45) is -1.13. The van der Waals surface area contributed by atoms with Crippen molar-refractivity contribution >= 4 is 48.2 Å². The van der Waals surface area contributed by atoms with E-state index in [9.17, 15) is 28.8 Å². The van der Waals surface area contributed by atoms with E-state index < -0.39 is 66.7 Å². The van der Waals surface area contributed by atoms with E-state index in [-0.39, 0.29) is 18.6 Å². The van der Waals surface area contributed by atoms with Crippen molar-refractivity contribution in [2.75, 3.05) is 12.3 Å². The molecule has 3 atom stereocenters. The standard InChI is InChI=1S/C14H23N5O8S/c15-6(3-11(22)23)12(24)17-4-10(21)18-8(5-28)13(25)19-7(14(26)27)1-2-9(16)20/h6-8,28H,1-5,15H2,(H2,16,20)(H,17,24)(H,18,21)(H,19,25)(H,22,23)(H,26,27). The summed E-state index contributed by atoms with van der Waals surface area (Å²) in [4.78, 5) is 67.8. The van der Waals surface area contributed by atoms with Crippen molar-refractivity contribution in [1.29, 1.82) is 0 Å². The first kappa shape index (κ1) is 25.1. The summed E-state index contributed by atoms with van der Waals surface area (Å²) in [7, 11) is 0. The number of aliphatic carboxylic acids is 2. The zero-order valence-corrected chi connectivity index (χ0v) is 15.6. The maximum Gasteiger partial charge on any atom is 0.326 e. The van der Waals surface area contributed by atoms with E-state index in [1.165, 1.54) is 0 Å². The van der Waals surface area contributed by atoms with Gasteiger partial charge in [0.2, 0.25) is 23.6 Å². The second kappa shape index (κ2) is 12.5. The molecule has 0 aliphatic heterocycles. The Hall–Kier alpha value is -2.87. The van der Waals surface area contributed by atoms with Crippen LogP contribution in [0.5, 0.6) is 0 Å². The highest BCUT2D eigenvalue weighted by Gasteiger charge is 2.26. The smallest absolute Gasteiger partial charge is 0.326 e. The molecule has 0 saturated carbocycles. The van der Waals surface area contributed by atoms with Crippen LogP contribution in [0.2, 0.25) is 0 Å². The molecule has 28 heavy (non-hydrogen) atoms. The van der Waals surface area contributed by atoms with E-state index in [1.54, 1.807) is 0 Å². The quantitative estimate of drug-likeness (QED) is 0.136. The van der Waals surface area contributed by atoms with E-state index in [0.29, 0.717) is 0 Å². The van der Waals surface area contributed by atoms with Crippen LogP contribution in [0.25, 0.3) is 0 Å². The third-order valence-electron chi connectivity index (χ3n) is 3.28. The fourth-order valence-corrected chi connectivity index (χ4v) is 2.09. The van der Waals surface area contributed by atoms with E-state index >= 15 is 0 Å². The van der Waals surface area contributed by atoms with Gasteiger partial charge in [0.1, 0.15) is 12.1 Å². The summed E-state index contributed by atoms with van der Waals surface area (Å²) in [5.41, 5.74) is 10.3. The lowest BCUT2D eigenvalue weighted by molar-refractivity contribution is -0.142. The van der Waals surface area contributed by atoms with Gasteiger partial charge in [-0.1, -0.05) is 0 Å². The third-order valence-corrected chi connectivity index (χ3v) is 3.65. The summed E-state index contributed by atoms with van der Waals surface area (Å²) in [6, 6.07) is -3.97. The lowest BCUT2D eigenvalue weighted by Crippen LogP contribution is -2.54. The average molecular weight is 421 g/mol. The Bertz CT molecular complexity index is 629. The van der Waals surface area contributed by atoms with Gasteiger partial charge in [-0.2, -0.15) is 12.6 Å². The topological polar surface area (TPSA) is 231 Å². The van der Waals surface area contributed by atoms with Gasteiger partial charge in [-0.3, -0.25) is 24.0 Å². The number of rotatable bonds is 13. The Morgan fingerprint density at radius 2 is 1.57 bits per heavy atom. The SMILES string of the molecule is NC(=O)CCC(NC(=O)C(CS)NC(=O)CNC(=O)C(N)CC(=O)O)C(=O)O. The van der Waals surface area contributed by atoms with Crippen LogP contribution < -0.4 is 27.4 Å². The van der Waals surface area contributed by atoms with Gasteiger partial charge < -0.3 is 37.6 Å². The number of hydrogen-bond acceptors (Lipinski definition) is 8. The fraction of sp³-hybridized carbons (Fsp3) is 0.571. The molecule has 0 bridgehead atoms. The number of nitrogens with one attached hydrogen (secondary N) is 3. The van der Waals surface area contributed by atoms with Crippen molar-refractivity contribution < 1.29 is 39.0 Å². The van der Waals surface area contributed by atoms with Gasteiger partial charge in [-0.25, -0.2) is 4.79 Å². The number of amides is 4. The molecule has 0 spiro atoms. The molecule has 9 N–H and O–H groups in total. The van der Waals surface area contributed by atoms with Crippen LogP contribution in [0.15, 0.2) is 0 Å². The number of hydrogen-bond donors (Lipinski definition) is 8. The average Bonchev–Trinajstić information content (AvgIpc) is 2.59. The molecule has 0 aromatic heterocycles. The summed E-state index contributed by atoms with van der Waals surface area (Å²) in [6.45, 7) is -0.590. The zero-order valence-electron chi connectivity index (χ0n) is 14.7. The Morgan fingerprint density at radius 3 is 2.04 bits per heavy atom. The summed E-state index contributed by atoms with van der Waals surface area (Å²) in [5, 5.41) is 24.1. The van der Waals surface area contributed by atoms with Gasteiger partial charge in [-0.05, 0) is 6.42 Å². The Balaban J connectivity index is 4.64. The summed E-state index contributed by atoms with van der Waals surface area (Å²) in [5.74, 6) is -6.16. The first-order chi connectivity index (χ1) is 13.0. The van der Waals surface area contributed by atoms with Crippen molar-refractivity contribution in [3.63, 3.8) is 0 Å². The number of carbonyl (C=O) groups is 6. The zero-order chi connectivity index (χ0) is 21.9. The largest absolute Gasteiger partial charge is 0.481 e. The molecule has 0 aromatic rings. The molecule has 0 rings (SSSR count). The predicted molar refractivity (Wildman–Crippen MR) is 97.0 cm³/mol. The molecule has 158 valence electrons. The number of carbonyl (C=O) groups excluding carboxylic acids is 4. The Kier molecular flexibility index (Phi) is 11.2. The van der Waals surface area contributed by atoms with Gasteiger partial charge in [0.25, 0.3) is 0 Å².